The van der Waals surface area contributed by atoms with E-state index in [-0.39, 0.29) is 11.2 Å². The number of aliphatic hydroxyl groups is 2. The molecule has 4 N–H and O–H groups in total. The van der Waals surface area contributed by atoms with E-state index in [9.17, 15) is 29.7 Å². The highest BCUT2D eigenvalue weighted by molar-refractivity contribution is 5.80. The topological polar surface area (TPSA) is 177 Å². The fourth-order valence-electron chi connectivity index (χ4n) is 2.71. The number of carbonyl (C=O) groups excluding carboxylic acids is 1. The standard InChI is InChI=1S/C13H14N4O8/c1-5(18)24-2-6-8(19)9(20)13(25-6,12(22)23)17-4-16-7-10(17)14-3-15-11(7)21/h3-4,6,8-9,19-20H,2H2,1H3,(H,22,23)(H,14,15,21)/t6-,8-,9-,13+/m1/s1. The third kappa shape index (κ3) is 2.47. The highest BCUT2D eigenvalue weighted by atomic mass is 16.6. The highest BCUT2D eigenvalue weighted by Gasteiger charge is 2.62. The summed E-state index contributed by atoms with van der Waals surface area (Å²) in [7, 11) is 0. The fourth-order valence-corrected chi connectivity index (χ4v) is 2.71. The van der Waals surface area contributed by atoms with Crippen molar-refractivity contribution >= 4 is 23.1 Å². The van der Waals surface area contributed by atoms with Crippen molar-refractivity contribution in [3.05, 3.63) is 23.0 Å². The molecule has 0 spiro atoms. The van der Waals surface area contributed by atoms with Gasteiger partial charge in [0.15, 0.2) is 11.2 Å². The third-order valence-electron chi connectivity index (χ3n) is 3.89. The van der Waals surface area contributed by atoms with E-state index in [1.165, 1.54) is 0 Å². The van der Waals surface area contributed by atoms with Gasteiger partial charge in [-0.3, -0.25) is 14.2 Å². The van der Waals surface area contributed by atoms with Gasteiger partial charge in [0.1, 0.15) is 31.2 Å². The minimum absolute atomic E-state index is 0.162. The maximum Gasteiger partial charge on any atom is 0.361 e. The maximum atomic E-state index is 11.9. The van der Waals surface area contributed by atoms with Crippen LogP contribution in [0.4, 0.5) is 0 Å². The Morgan fingerprint density at radius 3 is 2.80 bits per heavy atom. The molecule has 1 fully saturated rings. The van der Waals surface area contributed by atoms with E-state index >= 15 is 0 Å². The van der Waals surface area contributed by atoms with Crippen LogP contribution in [0.25, 0.3) is 11.2 Å². The number of nitrogens with zero attached hydrogens (tertiary/aromatic N) is 3. The Bertz CT molecular complexity index is 892. The predicted molar refractivity (Wildman–Crippen MR) is 77.3 cm³/mol. The Labute approximate surface area is 138 Å². The lowest BCUT2D eigenvalue weighted by Crippen LogP contribution is -2.51. The lowest BCUT2D eigenvalue weighted by molar-refractivity contribution is -0.195. The van der Waals surface area contributed by atoms with Gasteiger partial charge in [-0.2, -0.15) is 0 Å². The minimum Gasteiger partial charge on any atom is -0.478 e. The molecule has 0 amide bonds. The molecule has 2 aromatic heterocycles. The number of carboxylic acid groups (broad SMARTS) is 1. The van der Waals surface area contributed by atoms with Crippen LogP contribution in [0.2, 0.25) is 0 Å². The number of esters is 1. The summed E-state index contributed by atoms with van der Waals surface area (Å²) in [6.45, 7) is 0.658. The van der Waals surface area contributed by atoms with Crippen LogP contribution in [0.15, 0.2) is 17.4 Å². The predicted octanol–water partition coefficient (Wildman–Crippen LogP) is -2.46. The first kappa shape index (κ1) is 17.0. The van der Waals surface area contributed by atoms with Crippen molar-refractivity contribution in [1.29, 1.82) is 0 Å². The Kier molecular flexibility index (Phi) is 4.02. The Balaban J connectivity index is 2.11. The molecule has 12 heteroatoms. The zero-order chi connectivity index (χ0) is 18.4. The van der Waals surface area contributed by atoms with Gasteiger partial charge in [-0.15, -0.1) is 0 Å². The molecule has 0 radical (unpaired) electrons. The molecular formula is C13H14N4O8. The smallest absolute Gasteiger partial charge is 0.361 e. The van der Waals surface area contributed by atoms with Crippen LogP contribution in [0, 0.1) is 0 Å². The van der Waals surface area contributed by atoms with Crippen molar-refractivity contribution in [2.75, 3.05) is 6.61 Å². The molecule has 1 aliphatic rings. The number of nitrogens with one attached hydrogen (secondary N) is 1. The fraction of sp³-hybridized carbons (Fsp3) is 0.462. The second kappa shape index (κ2) is 5.91. The monoisotopic (exact) mass is 354 g/mol. The summed E-state index contributed by atoms with van der Waals surface area (Å²) in [4.78, 5) is 44.5. The molecule has 1 saturated heterocycles. The first-order valence-corrected chi connectivity index (χ1v) is 7.11. The van der Waals surface area contributed by atoms with E-state index in [0.717, 1.165) is 24.1 Å². The van der Waals surface area contributed by atoms with Crippen LogP contribution in [0.3, 0.4) is 0 Å². The van der Waals surface area contributed by atoms with Crippen molar-refractivity contribution in [1.82, 2.24) is 19.5 Å². The van der Waals surface area contributed by atoms with Gasteiger partial charge in [0.25, 0.3) is 11.3 Å². The number of ether oxygens (including phenoxy) is 2. The average molecular weight is 354 g/mol. The van der Waals surface area contributed by atoms with Gasteiger partial charge in [0, 0.05) is 6.92 Å². The van der Waals surface area contributed by atoms with Crippen molar-refractivity contribution in [2.24, 2.45) is 0 Å². The summed E-state index contributed by atoms with van der Waals surface area (Å²) in [5.41, 5.74) is -3.45. The second-order valence-electron chi connectivity index (χ2n) is 5.41. The van der Waals surface area contributed by atoms with Crippen LogP contribution in [0.5, 0.6) is 0 Å². The summed E-state index contributed by atoms with van der Waals surface area (Å²) >= 11 is 0. The van der Waals surface area contributed by atoms with E-state index in [4.69, 9.17) is 9.47 Å². The minimum atomic E-state index is -2.50. The normalized spacial score (nSPS) is 29.0. The van der Waals surface area contributed by atoms with E-state index < -0.39 is 48.1 Å². The molecule has 3 heterocycles. The van der Waals surface area contributed by atoms with E-state index in [1.807, 2.05) is 0 Å². The molecule has 134 valence electrons. The second-order valence-corrected chi connectivity index (χ2v) is 5.41. The van der Waals surface area contributed by atoms with Crippen molar-refractivity contribution < 1.29 is 34.4 Å². The van der Waals surface area contributed by atoms with E-state index in [0.29, 0.717) is 0 Å². The number of carbonyl (C=O) groups is 2. The summed E-state index contributed by atoms with van der Waals surface area (Å²) in [6, 6.07) is 0. The number of aromatic amines is 1. The lowest BCUT2D eigenvalue weighted by Gasteiger charge is -2.28. The van der Waals surface area contributed by atoms with Crippen LogP contribution < -0.4 is 5.56 Å². The molecule has 4 atom stereocenters. The van der Waals surface area contributed by atoms with Crippen LogP contribution in [-0.4, -0.2) is 71.7 Å². The largest absolute Gasteiger partial charge is 0.478 e. The van der Waals surface area contributed by atoms with Crippen molar-refractivity contribution in [3.8, 4) is 0 Å². The Hall–Kier alpha value is -2.83. The van der Waals surface area contributed by atoms with Gasteiger partial charge in [0.05, 0.1) is 6.33 Å². The maximum absolute atomic E-state index is 11.9. The molecule has 1 aliphatic heterocycles. The number of aliphatic carboxylic acids is 1. The number of hydrogen-bond acceptors (Lipinski definition) is 9. The number of fused-ring (bicyclic) bond motifs is 1. The third-order valence-corrected chi connectivity index (χ3v) is 3.89. The molecule has 0 saturated carbocycles. The number of aromatic nitrogens is 4. The summed E-state index contributed by atoms with van der Waals surface area (Å²) in [5, 5.41) is 30.2. The SMILES string of the molecule is CC(=O)OC[C@H]1O[C@@](C(=O)O)(n2cnc3c(=O)[nH]cnc32)[C@H](O)[C@@H]1O. The van der Waals surface area contributed by atoms with Crippen molar-refractivity contribution in [3.63, 3.8) is 0 Å². The van der Waals surface area contributed by atoms with E-state index in [1.54, 1.807) is 0 Å². The summed E-state index contributed by atoms with van der Waals surface area (Å²) in [5.74, 6) is -2.31. The molecule has 0 bridgehead atoms. The van der Waals surface area contributed by atoms with Gasteiger partial charge < -0.3 is 29.8 Å². The zero-order valence-electron chi connectivity index (χ0n) is 12.8. The molecule has 3 rings (SSSR count). The van der Waals surface area contributed by atoms with Gasteiger partial charge in [-0.05, 0) is 0 Å². The first-order chi connectivity index (χ1) is 11.8. The Morgan fingerprint density at radius 2 is 2.16 bits per heavy atom. The molecule has 25 heavy (non-hydrogen) atoms. The van der Waals surface area contributed by atoms with Gasteiger partial charge >= 0.3 is 11.9 Å². The number of imidazole rings is 1. The lowest BCUT2D eigenvalue weighted by atomic mass is 10.0. The molecular weight excluding hydrogens is 340 g/mol. The number of rotatable bonds is 4. The molecule has 0 aliphatic carbocycles. The van der Waals surface area contributed by atoms with Crippen LogP contribution in [0.1, 0.15) is 6.92 Å². The summed E-state index contributed by atoms with van der Waals surface area (Å²) in [6.07, 6.45) is -2.93. The molecule has 12 nitrogen and oxygen atoms in total. The van der Waals surface area contributed by atoms with Crippen LogP contribution >= 0.6 is 0 Å². The first-order valence-electron chi connectivity index (χ1n) is 7.11. The average Bonchev–Trinajstić information content (AvgIpc) is 3.08. The van der Waals surface area contributed by atoms with Gasteiger partial charge in [-0.25, -0.2) is 14.8 Å². The van der Waals surface area contributed by atoms with Gasteiger partial charge in [0.2, 0.25) is 0 Å². The number of aliphatic hydroxyl groups excluding tert-OH is 2. The van der Waals surface area contributed by atoms with Crippen LogP contribution in [-0.2, 0) is 24.8 Å². The molecule has 2 aromatic rings. The zero-order valence-corrected chi connectivity index (χ0v) is 12.8. The molecule has 0 unspecified atom stereocenters. The summed E-state index contributed by atoms with van der Waals surface area (Å²) < 4.78 is 10.9. The Morgan fingerprint density at radius 1 is 1.44 bits per heavy atom. The highest BCUT2D eigenvalue weighted by Crippen LogP contribution is 2.37. The van der Waals surface area contributed by atoms with Crippen molar-refractivity contribution in [2.45, 2.75) is 31.0 Å². The number of carboxylic acids is 1. The number of hydrogen-bond donors (Lipinski definition) is 4. The molecule has 0 aromatic carbocycles. The van der Waals surface area contributed by atoms with E-state index in [2.05, 4.69) is 15.0 Å². The van der Waals surface area contributed by atoms with Gasteiger partial charge in [-0.1, -0.05) is 0 Å². The quantitative estimate of drug-likeness (QED) is 0.431. The number of H-pyrrole nitrogens is 1.